The highest BCUT2D eigenvalue weighted by molar-refractivity contribution is 5.88. The Kier molecular flexibility index (Phi) is 2.95. The predicted octanol–water partition coefficient (Wildman–Crippen LogP) is 1.46. The Morgan fingerprint density at radius 2 is 2.12 bits per heavy atom. The zero-order chi connectivity index (χ0) is 12.4. The highest BCUT2D eigenvalue weighted by Gasteiger charge is 2.19. The Morgan fingerprint density at radius 3 is 2.76 bits per heavy atom. The SMILES string of the molecule is C=CC(=O)N1CCc2cc(C(=O)O)ccc2C1. The van der Waals surface area contributed by atoms with Gasteiger partial charge in [-0.25, -0.2) is 4.79 Å². The smallest absolute Gasteiger partial charge is 0.335 e. The van der Waals surface area contributed by atoms with Gasteiger partial charge in [-0.1, -0.05) is 12.6 Å². The highest BCUT2D eigenvalue weighted by atomic mass is 16.4. The molecule has 0 fully saturated rings. The van der Waals surface area contributed by atoms with Gasteiger partial charge >= 0.3 is 5.97 Å². The lowest BCUT2D eigenvalue weighted by atomic mass is 9.97. The maximum absolute atomic E-state index is 11.5. The van der Waals surface area contributed by atoms with Crippen molar-refractivity contribution in [3.63, 3.8) is 0 Å². The molecule has 17 heavy (non-hydrogen) atoms. The molecule has 0 radical (unpaired) electrons. The van der Waals surface area contributed by atoms with E-state index in [1.807, 2.05) is 0 Å². The first kappa shape index (κ1) is 11.4. The van der Waals surface area contributed by atoms with Crippen LogP contribution in [0.5, 0.6) is 0 Å². The summed E-state index contributed by atoms with van der Waals surface area (Å²) in [6, 6.07) is 5.04. The third-order valence-electron chi connectivity index (χ3n) is 2.95. The minimum absolute atomic E-state index is 0.0852. The zero-order valence-corrected chi connectivity index (χ0v) is 9.35. The number of rotatable bonds is 2. The molecule has 1 aliphatic rings. The summed E-state index contributed by atoms with van der Waals surface area (Å²) in [7, 11) is 0. The number of nitrogens with zero attached hydrogens (tertiary/aromatic N) is 1. The molecule has 0 saturated heterocycles. The average molecular weight is 231 g/mol. The molecule has 1 N–H and O–H groups in total. The van der Waals surface area contributed by atoms with Gasteiger partial charge in [0.1, 0.15) is 0 Å². The van der Waals surface area contributed by atoms with E-state index < -0.39 is 5.97 Å². The second-order valence-electron chi connectivity index (χ2n) is 4.00. The molecule has 0 aromatic heterocycles. The molecule has 88 valence electrons. The molecule has 4 nitrogen and oxygen atoms in total. The summed E-state index contributed by atoms with van der Waals surface area (Å²) in [6.45, 7) is 4.60. The molecule has 1 heterocycles. The summed E-state index contributed by atoms with van der Waals surface area (Å²) in [5, 5.41) is 8.89. The normalized spacial score (nSPS) is 14.0. The van der Waals surface area contributed by atoms with E-state index in [-0.39, 0.29) is 5.91 Å². The maximum Gasteiger partial charge on any atom is 0.335 e. The second kappa shape index (κ2) is 4.41. The summed E-state index contributed by atoms with van der Waals surface area (Å²) in [4.78, 5) is 24.0. The fourth-order valence-corrected chi connectivity index (χ4v) is 2.00. The van der Waals surface area contributed by atoms with Crippen LogP contribution >= 0.6 is 0 Å². The Morgan fingerprint density at radius 1 is 1.35 bits per heavy atom. The second-order valence-corrected chi connectivity index (χ2v) is 4.00. The number of fused-ring (bicyclic) bond motifs is 1. The monoisotopic (exact) mass is 231 g/mol. The van der Waals surface area contributed by atoms with Crippen molar-refractivity contribution < 1.29 is 14.7 Å². The molecule has 0 saturated carbocycles. The number of benzene rings is 1. The van der Waals surface area contributed by atoms with E-state index >= 15 is 0 Å². The molecule has 0 spiro atoms. The largest absolute Gasteiger partial charge is 0.478 e. The van der Waals surface area contributed by atoms with Crippen molar-refractivity contribution in [3.05, 3.63) is 47.5 Å². The number of carboxylic acids is 1. The Balaban J connectivity index is 2.25. The highest BCUT2D eigenvalue weighted by Crippen LogP contribution is 2.20. The number of aromatic carboxylic acids is 1. The van der Waals surface area contributed by atoms with Crippen LogP contribution in [0.4, 0.5) is 0 Å². The van der Waals surface area contributed by atoms with Gasteiger partial charge < -0.3 is 10.0 Å². The lowest BCUT2D eigenvalue weighted by Gasteiger charge is -2.28. The van der Waals surface area contributed by atoms with Gasteiger partial charge in [0.25, 0.3) is 0 Å². The van der Waals surface area contributed by atoms with E-state index in [2.05, 4.69) is 6.58 Å². The van der Waals surface area contributed by atoms with Crippen molar-refractivity contribution in [2.45, 2.75) is 13.0 Å². The van der Waals surface area contributed by atoms with Crippen molar-refractivity contribution in [1.29, 1.82) is 0 Å². The summed E-state index contributed by atoms with van der Waals surface area (Å²) < 4.78 is 0. The van der Waals surface area contributed by atoms with Gasteiger partial charge in [-0.05, 0) is 35.8 Å². The Bertz CT molecular complexity index is 493. The summed E-state index contributed by atoms with van der Waals surface area (Å²) in [5.41, 5.74) is 2.32. The van der Waals surface area contributed by atoms with E-state index in [1.54, 1.807) is 23.1 Å². The van der Waals surface area contributed by atoms with Gasteiger partial charge in [0.05, 0.1) is 5.56 Å². The van der Waals surface area contributed by atoms with Crippen LogP contribution in [0, 0.1) is 0 Å². The molecule has 2 rings (SSSR count). The average Bonchev–Trinajstić information content (AvgIpc) is 2.36. The van der Waals surface area contributed by atoms with Crippen LogP contribution in [0.15, 0.2) is 30.9 Å². The summed E-state index contributed by atoms with van der Waals surface area (Å²) in [5.74, 6) is -1.00. The van der Waals surface area contributed by atoms with Crippen molar-refractivity contribution >= 4 is 11.9 Å². The molecule has 0 bridgehead atoms. The van der Waals surface area contributed by atoms with E-state index in [4.69, 9.17) is 5.11 Å². The third kappa shape index (κ3) is 2.20. The molecule has 0 aliphatic carbocycles. The first-order valence-electron chi connectivity index (χ1n) is 5.38. The van der Waals surface area contributed by atoms with Crippen molar-refractivity contribution in [2.75, 3.05) is 6.54 Å². The van der Waals surface area contributed by atoms with E-state index in [0.29, 0.717) is 25.1 Å². The first-order valence-corrected chi connectivity index (χ1v) is 5.38. The fraction of sp³-hybridized carbons (Fsp3) is 0.231. The summed E-state index contributed by atoms with van der Waals surface area (Å²) in [6.07, 6.45) is 1.99. The standard InChI is InChI=1S/C13H13NO3/c1-2-12(15)14-6-5-9-7-10(13(16)17)3-4-11(9)8-14/h2-4,7H,1,5-6,8H2,(H,16,17). The predicted molar refractivity (Wildman–Crippen MR) is 62.7 cm³/mol. The van der Waals surface area contributed by atoms with Crippen LogP contribution in [0.25, 0.3) is 0 Å². The molecule has 0 unspecified atom stereocenters. The van der Waals surface area contributed by atoms with E-state index in [9.17, 15) is 9.59 Å². The first-order chi connectivity index (χ1) is 8.11. The molecule has 1 amide bonds. The van der Waals surface area contributed by atoms with Gasteiger partial charge in [-0.15, -0.1) is 0 Å². The molecular formula is C13H13NO3. The van der Waals surface area contributed by atoms with E-state index in [1.165, 1.54) is 6.08 Å². The lowest BCUT2D eigenvalue weighted by Crippen LogP contribution is -2.34. The van der Waals surface area contributed by atoms with Gasteiger partial charge in [0, 0.05) is 13.1 Å². The molecule has 4 heteroatoms. The minimum Gasteiger partial charge on any atom is -0.478 e. The maximum atomic E-state index is 11.5. The Hall–Kier alpha value is -2.10. The van der Waals surface area contributed by atoms with Crippen molar-refractivity contribution in [3.8, 4) is 0 Å². The number of carboxylic acid groups (broad SMARTS) is 1. The number of hydrogen-bond acceptors (Lipinski definition) is 2. The number of carbonyl (C=O) groups is 2. The van der Waals surface area contributed by atoms with Crippen molar-refractivity contribution in [1.82, 2.24) is 4.90 Å². The Labute approximate surface area is 99.2 Å². The molecular weight excluding hydrogens is 218 g/mol. The van der Waals surface area contributed by atoms with Gasteiger partial charge in [0.2, 0.25) is 5.91 Å². The van der Waals surface area contributed by atoms with Gasteiger partial charge in [-0.3, -0.25) is 4.79 Å². The fourth-order valence-electron chi connectivity index (χ4n) is 2.00. The third-order valence-corrected chi connectivity index (χ3v) is 2.95. The van der Waals surface area contributed by atoms with Gasteiger partial charge in [0.15, 0.2) is 0 Å². The minimum atomic E-state index is -0.919. The summed E-state index contributed by atoms with van der Waals surface area (Å²) >= 11 is 0. The van der Waals surface area contributed by atoms with Crippen LogP contribution in [0.2, 0.25) is 0 Å². The molecule has 1 aromatic carbocycles. The number of amides is 1. The quantitative estimate of drug-likeness (QED) is 0.784. The topological polar surface area (TPSA) is 57.6 Å². The van der Waals surface area contributed by atoms with Crippen LogP contribution in [-0.4, -0.2) is 28.4 Å². The molecule has 0 atom stereocenters. The van der Waals surface area contributed by atoms with Gasteiger partial charge in [-0.2, -0.15) is 0 Å². The molecule has 1 aromatic rings. The number of carbonyl (C=O) groups excluding carboxylic acids is 1. The molecule has 1 aliphatic heterocycles. The van der Waals surface area contributed by atoms with Crippen LogP contribution in [0.1, 0.15) is 21.5 Å². The van der Waals surface area contributed by atoms with Crippen LogP contribution in [-0.2, 0) is 17.8 Å². The van der Waals surface area contributed by atoms with E-state index in [0.717, 1.165) is 11.1 Å². The van der Waals surface area contributed by atoms with Crippen molar-refractivity contribution in [2.24, 2.45) is 0 Å². The lowest BCUT2D eigenvalue weighted by molar-refractivity contribution is -0.126. The van der Waals surface area contributed by atoms with Crippen LogP contribution in [0.3, 0.4) is 0 Å². The van der Waals surface area contributed by atoms with Crippen LogP contribution < -0.4 is 0 Å². The zero-order valence-electron chi connectivity index (χ0n) is 9.35. The number of hydrogen-bond donors (Lipinski definition) is 1.